The molecule has 0 amide bonds. The average Bonchev–Trinajstić information content (AvgIpc) is 3.43. The summed E-state index contributed by atoms with van der Waals surface area (Å²) < 4.78 is 67.1. The Kier molecular flexibility index (Phi) is 6.15. The molecule has 2 aliphatic heterocycles. The van der Waals surface area contributed by atoms with Gasteiger partial charge < -0.3 is 19.9 Å². The van der Waals surface area contributed by atoms with Crippen LogP contribution in [0.4, 0.5) is 17.6 Å². The minimum absolute atomic E-state index is 0.0349. The van der Waals surface area contributed by atoms with Crippen LogP contribution in [0.15, 0.2) is 48.5 Å². The minimum atomic E-state index is -3.23. The van der Waals surface area contributed by atoms with Gasteiger partial charge in [-0.25, -0.2) is 8.78 Å². The lowest BCUT2D eigenvalue weighted by atomic mass is 9.80. The highest BCUT2D eigenvalue weighted by atomic mass is 35.5. The summed E-state index contributed by atoms with van der Waals surface area (Å²) in [6.07, 6.45) is -0.0136. The molecule has 2 heterocycles. The third-order valence-corrected chi connectivity index (χ3v) is 7.10. The predicted octanol–water partition coefficient (Wildman–Crippen LogP) is 5.75. The SMILES string of the molecule is Cc1ccc(OC(F)F)c(F)c1-c1c(Cl)c(F)cc2c1C[C@](c1ccccc1)(C1CC(O)CN1)O2. The molecule has 35 heavy (non-hydrogen) atoms. The van der Waals surface area contributed by atoms with Crippen molar-refractivity contribution < 1.29 is 32.1 Å². The monoisotopic (exact) mass is 507 g/mol. The molecule has 0 radical (unpaired) electrons. The molecule has 2 unspecified atom stereocenters. The second-order valence-electron chi connectivity index (χ2n) is 8.86. The van der Waals surface area contributed by atoms with E-state index in [2.05, 4.69) is 10.1 Å². The van der Waals surface area contributed by atoms with E-state index in [1.54, 1.807) is 6.92 Å². The van der Waals surface area contributed by atoms with Crippen molar-refractivity contribution in [3.63, 3.8) is 0 Å². The Morgan fingerprint density at radius 1 is 1.14 bits per heavy atom. The molecule has 0 aliphatic carbocycles. The number of fused-ring (bicyclic) bond motifs is 1. The van der Waals surface area contributed by atoms with Gasteiger partial charge in [-0.05, 0) is 30.5 Å². The molecular formula is C26H22ClF4NO3. The lowest BCUT2D eigenvalue weighted by Gasteiger charge is -2.35. The van der Waals surface area contributed by atoms with Crippen molar-refractivity contribution in [1.29, 1.82) is 0 Å². The Balaban J connectivity index is 1.71. The van der Waals surface area contributed by atoms with Crippen molar-refractivity contribution in [1.82, 2.24) is 5.32 Å². The van der Waals surface area contributed by atoms with Gasteiger partial charge in [0.2, 0.25) is 0 Å². The summed E-state index contributed by atoms with van der Waals surface area (Å²) >= 11 is 6.39. The molecule has 1 saturated heterocycles. The van der Waals surface area contributed by atoms with Gasteiger partial charge in [0.15, 0.2) is 17.2 Å². The zero-order chi connectivity index (χ0) is 24.9. The normalized spacial score (nSPS) is 23.4. The third-order valence-electron chi connectivity index (χ3n) is 6.73. The number of benzene rings is 3. The highest BCUT2D eigenvalue weighted by Crippen LogP contribution is 2.52. The number of aryl methyl sites for hydroxylation is 1. The smallest absolute Gasteiger partial charge is 0.387 e. The van der Waals surface area contributed by atoms with Crippen molar-refractivity contribution in [2.24, 2.45) is 0 Å². The maximum Gasteiger partial charge on any atom is 0.387 e. The van der Waals surface area contributed by atoms with Gasteiger partial charge in [-0.2, -0.15) is 8.78 Å². The zero-order valence-electron chi connectivity index (χ0n) is 18.6. The molecule has 4 nitrogen and oxygen atoms in total. The number of aliphatic hydroxyl groups excluding tert-OH is 1. The van der Waals surface area contributed by atoms with E-state index in [1.807, 2.05) is 30.3 Å². The van der Waals surface area contributed by atoms with Gasteiger partial charge in [0.1, 0.15) is 11.6 Å². The first-order valence-corrected chi connectivity index (χ1v) is 11.5. The molecular weight excluding hydrogens is 486 g/mol. The standard InChI is InChI=1S/C26H22ClF4NO3/c1-13-7-8-18(34-25(30)31)24(29)21(13)22-16-11-26(14-5-3-2-4-6-14,20-9-15(33)12-32-20)35-19(16)10-17(28)23(22)27/h2-8,10,15,20,25,32-33H,9,11-12H2,1H3/t15?,20?,26-/m0/s1. The number of hydrogen-bond acceptors (Lipinski definition) is 4. The minimum Gasteiger partial charge on any atom is -0.480 e. The highest BCUT2D eigenvalue weighted by molar-refractivity contribution is 6.34. The first-order chi connectivity index (χ1) is 16.7. The molecule has 2 aliphatic rings. The largest absolute Gasteiger partial charge is 0.480 e. The summed E-state index contributed by atoms with van der Waals surface area (Å²) in [6.45, 7) is -1.29. The van der Waals surface area contributed by atoms with Crippen LogP contribution in [0.25, 0.3) is 11.1 Å². The number of halogens is 5. The summed E-state index contributed by atoms with van der Waals surface area (Å²) in [4.78, 5) is 0. The molecule has 0 saturated carbocycles. The van der Waals surface area contributed by atoms with E-state index in [-0.39, 0.29) is 34.4 Å². The number of rotatable bonds is 5. The Labute approximate surface area is 204 Å². The van der Waals surface area contributed by atoms with Crippen molar-refractivity contribution in [2.75, 3.05) is 6.54 Å². The first kappa shape index (κ1) is 23.9. The maximum absolute atomic E-state index is 15.5. The highest BCUT2D eigenvalue weighted by Gasteiger charge is 2.51. The van der Waals surface area contributed by atoms with E-state index in [1.165, 1.54) is 6.07 Å². The average molecular weight is 508 g/mol. The van der Waals surface area contributed by atoms with Crippen molar-refractivity contribution in [3.8, 4) is 22.6 Å². The van der Waals surface area contributed by atoms with Gasteiger partial charge in [-0.1, -0.05) is 48.0 Å². The molecule has 0 aromatic heterocycles. The second kappa shape index (κ2) is 9.00. The van der Waals surface area contributed by atoms with E-state index < -0.39 is 35.7 Å². The van der Waals surface area contributed by atoms with E-state index in [0.29, 0.717) is 24.1 Å². The first-order valence-electron chi connectivity index (χ1n) is 11.1. The van der Waals surface area contributed by atoms with Gasteiger partial charge >= 0.3 is 6.61 Å². The van der Waals surface area contributed by atoms with Crippen molar-refractivity contribution in [3.05, 3.63) is 81.9 Å². The van der Waals surface area contributed by atoms with Crippen LogP contribution in [0.2, 0.25) is 5.02 Å². The van der Waals surface area contributed by atoms with Crippen molar-refractivity contribution >= 4 is 11.6 Å². The lowest BCUT2D eigenvalue weighted by Crippen LogP contribution is -2.48. The maximum atomic E-state index is 15.5. The number of alkyl halides is 2. The lowest BCUT2D eigenvalue weighted by molar-refractivity contribution is -0.0521. The van der Waals surface area contributed by atoms with E-state index in [9.17, 15) is 13.9 Å². The van der Waals surface area contributed by atoms with E-state index in [4.69, 9.17) is 16.3 Å². The Hall–Kier alpha value is -2.81. The van der Waals surface area contributed by atoms with Crippen LogP contribution in [0.5, 0.6) is 11.5 Å². The number of aliphatic hydroxyl groups is 1. The summed E-state index contributed by atoms with van der Waals surface area (Å²) in [5.74, 6) is -2.38. The number of β-amino-alcohol motifs (C(OH)–C–C–N with tert-alkyl or cyclic N) is 1. The number of ether oxygens (including phenoxy) is 2. The molecule has 3 atom stereocenters. The van der Waals surface area contributed by atoms with Gasteiger partial charge in [0.25, 0.3) is 0 Å². The predicted molar refractivity (Wildman–Crippen MR) is 123 cm³/mol. The summed E-state index contributed by atoms with van der Waals surface area (Å²) in [5.41, 5.74) is 0.472. The van der Waals surface area contributed by atoms with Gasteiger partial charge in [-0.3, -0.25) is 0 Å². The third kappa shape index (κ3) is 4.03. The topological polar surface area (TPSA) is 50.7 Å². The van der Waals surface area contributed by atoms with Gasteiger partial charge in [0, 0.05) is 35.7 Å². The van der Waals surface area contributed by atoms with Crippen LogP contribution in [0, 0.1) is 18.6 Å². The Morgan fingerprint density at radius 2 is 1.89 bits per heavy atom. The van der Waals surface area contributed by atoms with Crippen LogP contribution >= 0.6 is 11.6 Å². The van der Waals surface area contributed by atoms with Gasteiger partial charge in [-0.15, -0.1) is 0 Å². The molecule has 3 aromatic carbocycles. The quantitative estimate of drug-likeness (QED) is 0.432. The molecule has 9 heteroatoms. The molecule has 3 aromatic rings. The van der Waals surface area contributed by atoms with Crippen LogP contribution in [0.1, 0.15) is 23.1 Å². The van der Waals surface area contributed by atoms with Crippen LogP contribution in [-0.4, -0.2) is 30.4 Å². The fraction of sp³-hybridized carbons (Fsp3) is 0.308. The second-order valence-corrected chi connectivity index (χ2v) is 9.23. The van der Waals surface area contributed by atoms with Crippen LogP contribution in [-0.2, 0) is 12.0 Å². The fourth-order valence-electron chi connectivity index (χ4n) is 5.16. The van der Waals surface area contributed by atoms with E-state index >= 15 is 8.78 Å². The molecule has 0 bridgehead atoms. The van der Waals surface area contributed by atoms with Crippen LogP contribution in [0.3, 0.4) is 0 Å². The van der Waals surface area contributed by atoms with E-state index in [0.717, 1.165) is 17.7 Å². The summed E-state index contributed by atoms with van der Waals surface area (Å²) in [5, 5.41) is 13.2. The Morgan fingerprint density at radius 3 is 2.54 bits per heavy atom. The molecule has 0 spiro atoms. The fourth-order valence-corrected chi connectivity index (χ4v) is 5.42. The van der Waals surface area contributed by atoms with Gasteiger partial charge in [0.05, 0.1) is 17.2 Å². The molecule has 2 N–H and O–H groups in total. The summed E-state index contributed by atoms with van der Waals surface area (Å²) in [7, 11) is 0. The number of nitrogens with one attached hydrogen (secondary N) is 1. The molecule has 5 rings (SSSR count). The van der Waals surface area contributed by atoms with Crippen LogP contribution < -0.4 is 14.8 Å². The molecule has 1 fully saturated rings. The van der Waals surface area contributed by atoms with Crippen molar-refractivity contribution in [2.45, 2.75) is 44.1 Å². The number of hydrogen-bond donors (Lipinski definition) is 2. The zero-order valence-corrected chi connectivity index (χ0v) is 19.4. The Bertz CT molecular complexity index is 1270. The molecule has 184 valence electrons. The summed E-state index contributed by atoms with van der Waals surface area (Å²) in [6, 6.07) is 12.6.